The highest BCUT2D eigenvalue weighted by atomic mass is 32.1. The number of fused-ring (bicyclic) bond motifs is 2. The summed E-state index contributed by atoms with van der Waals surface area (Å²) in [6.45, 7) is 6.58. The Bertz CT molecular complexity index is 1070. The van der Waals surface area contributed by atoms with Crippen LogP contribution in [-0.4, -0.2) is 35.5 Å². The number of likely N-dealkylation sites (N-methyl/N-ethyl adjacent to an activating group) is 1. The van der Waals surface area contributed by atoms with Crippen molar-refractivity contribution in [3.63, 3.8) is 0 Å². The monoisotopic (exact) mass is 422 g/mol. The lowest BCUT2D eigenvalue weighted by Crippen LogP contribution is -2.27. The van der Waals surface area contributed by atoms with Crippen molar-refractivity contribution in [1.29, 1.82) is 0 Å². The Morgan fingerprint density at radius 2 is 2.20 bits per heavy atom. The zero-order chi connectivity index (χ0) is 21.3. The van der Waals surface area contributed by atoms with E-state index in [4.69, 9.17) is 9.47 Å². The van der Waals surface area contributed by atoms with Crippen LogP contribution in [0.3, 0.4) is 0 Å². The first kappa shape index (κ1) is 20.4. The molecule has 5 nitrogen and oxygen atoms in total. The molecule has 0 spiro atoms. The SMILES string of the molecule is CCOc1cc2c(cc1/C=C/C(=O)N(C)[C@@H](C)c1nc3ccccc3s1)O[C@@H](C)C2. The van der Waals surface area contributed by atoms with E-state index in [9.17, 15) is 4.79 Å². The number of hydrogen-bond donors (Lipinski definition) is 0. The zero-order valence-corrected chi connectivity index (χ0v) is 18.5. The maximum atomic E-state index is 12.8. The Labute approximate surface area is 180 Å². The van der Waals surface area contributed by atoms with Gasteiger partial charge < -0.3 is 14.4 Å². The molecular formula is C24H26N2O3S. The highest BCUT2D eigenvalue weighted by molar-refractivity contribution is 7.18. The number of rotatable bonds is 6. The maximum absolute atomic E-state index is 12.8. The second-order valence-corrected chi connectivity index (χ2v) is 8.60. The minimum atomic E-state index is -0.116. The van der Waals surface area contributed by atoms with Crippen LogP contribution >= 0.6 is 11.3 Å². The third-order valence-electron chi connectivity index (χ3n) is 5.33. The molecule has 30 heavy (non-hydrogen) atoms. The van der Waals surface area contributed by atoms with E-state index in [0.717, 1.165) is 44.3 Å². The molecule has 0 radical (unpaired) electrons. The predicted octanol–water partition coefficient (Wildman–Crippen LogP) is 5.25. The highest BCUT2D eigenvalue weighted by Crippen LogP contribution is 2.36. The van der Waals surface area contributed by atoms with Crippen LogP contribution in [0.25, 0.3) is 16.3 Å². The minimum Gasteiger partial charge on any atom is -0.493 e. The molecule has 2 heterocycles. The van der Waals surface area contributed by atoms with Crippen LogP contribution in [0, 0.1) is 0 Å². The van der Waals surface area contributed by atoms with Crippen LogP contribution in [0.5, 0.6) is 11.5 Å². The van der Waals surface area contributed by atoms with Gasteiger partial charge in [0, 0.05) is 30.7 Å². The van der Waals surface area contributed by atoms with Gasteiger partial charge in [0.25, 0.3) is 0 Å². The van der Waals surface area contributed by atoms with Crippen molar-refractivity contribution in [2.45, 2.75) is 39.3 Å². The summed E-state index contributed by atoms with van der Waals surface area (Å²) < 4.78 is 12.8. The van der Waals surface area contributed by atoms with Crippen molar-refractivity contribution in [1.82, 2.24) is 9.88 Å². The van der Waals surface area contributed by atoms with Crippen LogP contribution in [0.4, 0.5) is 0 Å². The molecule has 1 aliphatic rings. The first-order chi connectivity index (χ1) is 14.5. The number of amides is 1. The summed E-state index contributed by atoms with van der Waals surface area (Å²) in [5.74, 6) is 1.56. The summed E-state index contributed by atoms with van der Waals surface area (Å²) in [5, 5.41) is 0.926. The van der Waals surface area contributed by atoms with Crippen LogP contribution in [0.15, 0.2) is 42.5 Å². The van der Waals surface area contributed by atoms with Gasteiger partial charge in [0.1, 0.15) is 22.6 Å². The molecule has 6 heteroatoms. The number of para-hydroxylation sites is 1. The Morgan fingerprint density at radius 1 is 1.40 bits per heavy atom. The predicted molar refractivity (Wildman–Crippen MR) is 121 cm³/mol. The average Bonchev–Trinajstić information content (AvgIpc) is 3.33. The van der Waals surface area contributed by atoms with Crippen molar-refractivity contribution in [2.24, 2.45) is 0 Å². The summed E-state index contributed by atoms with van der Waals surface area (Å²) in [6, 6.07) is 11.9. The lowest BCUT2D eigenvalue weighted by atomic mass is 10.1. The van der Waals surface area contributed by atoms with Crippen molar-refractivity contribution in [3.05, 3.63) is 58.6 Å². The van der Waals surface area contributed by atoms with Gasteiger partial charge in [0.05, 0.1) is 22.9 Å². The fraction of sp³-hybridized carbons (Fsp3) is 0.333. The van der Waals surface area contributed by atoms with E-state index < -0.39 is 0 Å². The fourth-order valence-corrected chi connectivity index (χ4v) is 4.63. The van der Waals surface area contributed by atoms with Gasteiger partial charge in [-0.3, -0.25) is 4.79 Å². The van der Waals surface area contributed by atoms with Crippen LogP contribution in [-0.2, 0) is 11.2 Å². The molecule has 0 fully saturated rings. The first-order valence-corrected chi connectivity index (χ1v) is 11.0. The highest BCUT2D eigenvalue weighted by Gasteiger charge is 2.22. The molecule has 2 aromatic carbocycles. The summed E-state index contributed by atoms with van der Waals surface area (Å²) in [7, 11) is 1.81. The molecule has 1 aliphatic heterocycles. The molecule has 0 N–H and O–H groups in total. The standard InChI is InChI=1S/C24H26N2O3S/c1-5-28-20-14-18-12-15(2)29-21(18)13-17(20)10-11-23(27)26(4)16(3)24-25-19-8-6-7-9-22(19)30-24/h6-11,13-16H,5,12H2,1-4H3/b11-10+/t15-,16-/m0/s1. The van der Waals surface area contributed by atoms with Crippen molar-refractivity contribution < 1.29 is 14.3 Å². The van der Waals surface area contributed by atoms with Crippen LogP contribution in [0.2, 0.25) is 0 Å². The number of thiazole rings is 1. The van der Waals surface area contributed by atoms with E-state index in [-0.39, 0.29) is 18.1 Å². The Kier molecular flexibility index (Phi) is 5.77. The molecular weight excluding hydrogens is 396 g/mol. The minimum absolute atomic E-state index is 0.0843. The number of benzene rings is 2. The van der Waals surface area contributed by atoms with E-state index in [1.54, 1.807) is 29.4 Å². The molecule has 1 aromatic heterocycles. The number of nitrogens with zero attached hydrogens (tertiary/aromatic N) is 2. The molecule has 0 saturated heterocycles. The van der Waals surface area contributed by atoms with Gasteiger partial charge in [-0.05, 0) is 51.1 Å². The van der Waals surface area contributed by atoms with Crippen molar-refractivity contribution >= 4 is 33.5 Å². The quantitative estimate of drug-likeness (QED) is 0.509. The Morgan fingerprint density at radius 3 is 2.97 bits per heavy atom. The van der Waals surface area contributed by atoms with E-state index in [1.165, 1.54) is 0 Å². The van der Waals surface area contributed by atoms with Gasteiger partial charge in [-0.15, -0.1) is 11.3 Å². The molecule has 156 valence electrons. The molecule has 0 bridgehead atoms. The van der Waals surface area contributed by atoms with Gasteiger partial charge in [-0.1, -0.05) is 12.1 Å². The third kappa shape index (κ3) is 4.05. The van der Waals surface area contributed by atoms with Gasteiger partial charge in [0.15, 0.2) is 0 Å². The Balaban J connectivity index is 1.53. The molecule has 4 rings (SSSR count). The third-order valence-corrected chi connectivity index (χ3v) is 6.54. The first-order valence-electron chi connectivity index (χ1n) is 10.2. The fourth-order valence-electron chi connectivity index (χ4n) is 3.57. The van der Waals surface area contributed by atoms with Crippen molar-refractivity contribution in [2.75, 3.05) is 13.7 Å². The normalized spacial score (nSPS) is 16.5. The summed E-state index contributed by atoms with van der Waals surface area (Å²) >= 11 is 1.62. The number of carbonyl (C=O) groups is 1. The molecule has 0 unspecified atom stereocenters. The van der Waals surface area contributed by atoms with Gasteiger partial charge in [-0.2, -0.15) is 0 Å². The lowest BCUT2D eigenvalue weighted by Gasteiger charge is -2.21. The molecule has 3 aromatic rings. The number of ether oxygens (including phenoxy) is 2. The maximum Gasteiger partial charge on any atom is 0.246 e. The Hall–Kier alpha value is -2.86. The summed E-state index contributed by atoms with van der Waals surface area (Å²) in [6.07, 6.45) is 4.44. The lowest BCUT2D eigenvalue weighted by molar-refractivity contribution is -0.126. The van der Waals surface area contributed by atoms with E-state index >= 15 is 0 Å². The molecule has 2 atom stereocenters. The van der Waals surface area contributed by atoms with Gasteiger partial charge >= 0.3 is 0 Å². The van der Waals surface area contributed by atoms with Crippen LogP contribution in [0.1, 0.15) is 42.9 Å². The van der Waals surface area contributed by atoms with Crippen LogP contribution < -0.4 is 9.47 Å². The number of aromatic nitrogens is 1. The second kappa shape index (κ2) is 8.48. The topological polar surface area (TPSA) is 51.7 Å². The molecule has 1 amide bonds. The summed E-state index contributed by atoms with van der Waals surface area (Å²) in [4.78, 5) is 19.2. The van der Waals surface area contributed by atoms with Gasteiger partial charge in [0.2, 0.25) is 5.91 Å². The number of carbonyl (C=O) groups excluding carboxylic acids is 1. The van der Waals surface area contributed by atoms with E-state index in [1.807, 2.05) is 50.3 Å². The second-order valence-electron chi connectivity index (χ2n) is 7.54. The van der Waals surface area contributed by atoms with E-state index in [2.05, 4.69) is 18.0 Å². The average molecular weight is 423 g/mol. The molecule has 0 aliphatic carbocycles. The smallest absolute Gasteiger partial charge is 0.246 e. The van der Waals surface area contributed by atoms with Crippen molar-refractivity contribution in [3.8, 4) is 11.5 Å². The summed E-state index contributed by atoms with van der Waals surface area (Å²) in [5.41, 5.74) is 2.96. The largest absolute Gasteiger partial charge is 0.493 e. The molecule has 0 saturated carbocycles. The zero-order valence-electron chi connectivity index (χ0n) is 17.7. The van der Waals surface area contributed by atoms with E-state index in [0.29, 0.717) is 6.61 Å². The number of hydrogen-bond acceptors (Lipinski definition) is 5. The van der Waals surface area contributed by atoms with Gasteiger partial charge in [-0.25, -0.2) is 4.98 Å².